The van der Waals surface area contributed by atoms with Gasteiger partial charge >= 0.3 is 0 Å². The lowest BCUT2D eigenvalue weighted by Crippen LogP contribution is -2.49. The van der Waals surface area contributed by atoms with E-state index in [1.165, 1.54) is 12.8 Å². The maximum absolute atomic E-state index is 12.3. The third-order valence-corrected chi connectivity index (χ3v) is 5.26. The number of benzene rings is 1. The van der Waals surface area contributed by atoms with E-state index < -0.39 is 6.10 Å². The monoisotopic (exact) mass is 316 g/mol. The molecule has 1 saturated carbocycles. The zero-order valence-electron chi connectivity index (χ0n) is 14.0. The molecular weight excluding hydrogens is 288 g/mol. The van der Waals surface area contributed by atoms with E-state index in [1.807, 2.05) is 35.2 Å². The first-order valence-electron chi connectivity index (χ1n) is 8.86. The van der Waals surface area contributed by atoms with Gasteiger partial charge in [0.05, 0.1) is 6.10 Å². The maximum atomic E-state index is 12.3. The maximum Gasteiger partial charge on any atom is 0.222 e. The molecule has 1 aliphatic heterocycles. The van der Waals surface area contributed by atoms with Crippen LogP contribution in [0.1, 0.15) is 37.9 Å². The Labute approximate surface area is 139 Å². The van der Waals surface area contributed by atoms with E-state index >= 15 is 0 Å². The quantitative estimate of drug-likeness (QED) is 0.876. The molecule has 2 aliphatic rings. The summed E-state index contributed by atoms with van der Waals surface area (Å²) in [5, 5.41) is 10.3. The molecule has 1 heterocycles. The van der Waals surface area contributed by atoms with Gasteiger partial charge in [0.2, 0.25) is 5.91 Å². The number of hydrogen-bond acceptors (Lipinski definition) is 3. The number of piperazine rings is 1. The Kier molecular flexibility index (Phi) is 5.34. The van der Waals surface area contributed by atoms with Crippen LogP contribution in [0, 0.1) is 11.8 Å². The standard InChI is InChI=1S/C19H28N2O2/c1-15(16-7-8-16)13-19(23)21-11-9-20(10-12-21)14-18(22)17-5-3-2-4-6-17/h2-6,15-16,18,22H,7-14H2,1H3/t15-,18-/m1/s1. The molecule has 1 aliphatic carbocycles. The van der Waals surface area contributed by atoms with E-state index in [0.29, 0.717) is 24.8 Å². The van der Waals surface area contributed by atoms with Gasteiger partial charge in [0.25, 0.3) is 0 Å². The van der Waals surface area contributed by atoms with Crippen LogP contribution in [0.3, 0.4) is 0 Å². The number of carbonyl (C=O) groups is 1. The molecule has 1 N–H and O–H groups in total. The predicted molar refractivity (Wildman–Crippen MR) is 90.9 cm³/mol. The van der Waals surface area contributed by atoms with Gasteiger partial charge in [0, 0.05) is 39.1 Å². The molecule has 2 fully saturated rings. The van der Waals surface area contributed by atoms with E-state index in [0.717, 1.165) is 37.7 Å². The van der Waals surface area contributed by atoms with Gasteiger partial charge in [-0.15, -0.1) is 0 Å². The molecule has 1 saturated heterocycles. The van der Waals surface area contributed by atoms with Gasteiger partial charge in [0.1, 0.15) is 0 Å². The first kappa shape index (κ1) is 16.5. The van der Waals surface area contributed by atoms with E-state index in [1.54, 1.807) is 0 Å². The second kappa shape index (κ2) is 7.45. The van der Waals surface area contributed by atoms with Crippen molar-refractivity contribution in [3.8, 4) is 0 Å². The molecule has 0 unspecified atom stereocenters. The molecule has 23 heavy (non-hydrogen) atoms. The molecule has 0 bridgehead atoms. The molecule has 0 spiro atoms. The Bertz CT molecular complexity index is 507. The molecule has 3 rings (SSSR count). The summed E-state index contributed by atoms with van der Waals surface area (Å²) in [6.45, 7) is 6.14. The zero-order chi connectivity index (χ0) is 16.2. The van der Waals surface area contributed by atoms with Crippen LogP contribution in [0.2, 0.25) is 0 Å². The molecule has 0 aromatic heterocycles. The lowest BCUT2D eigenvalue weighted by atomic mass is 10.0. The summed E-state index contributed by atoms with van der Waals surface area (Å²) in [6, 6.07) is 9.79. The van der Waals surface area contributed by atoms with E-state index in [4.69, 9.17) is 0 Å². The van der Waals surface area contributed by atoms with Crippen LogP contribution in [0.5, 0.6) is 0 Å². The molecule has 1 aromatic carbocycles. The molecule has 1 aromatic rings. The van der Waals surface area contributed by atoms with Crippen molar-refractivity contribution in [1.29, 1.82) is 0 Å². The van der Waals surface area contributed by atoms with Crippen LogP contribution >= 0.6 is 0 Å². The summed E-state index contributed by atoms with van der Waals surface area (Å²) < 4.78 is 0. The molecule has 2 atom stereocenters. The third-order valence-electron chi connectivity index (χ3n) is 5.26. The van der Waals surface area contributed by atoms with Crippen LogP contribution in [-0.4, -0.2) is 53.5 Å². The summed E-state index contributed by atoms with van der Waals surface area (Å²) in [5.74, 6) is 1.65. The Morgan fingerprint density at radius 3 is 2.43 bits per heavy atom. The third kappa shape index (κ3) is 4.55. The van der Waals surface area contributed by atoms with Crippen molar-refractivity contribution in [2.24, 2.45) is 11.8 Å². The van der Waals surface area contributed by atoms with Crippen LogP contribution in [0.25, 0.3) is 0 Å². The Morgan fingerprint density at radius 1 is 1.17 bits per heavy atom. The number of β-amino-alcohol motifs (C(OH)–C–C–N with tert-alkyl or cyclic N) is 1. The minimum absolute atomic E-state index is 0.313. The normalized spacial score (nSPS) is 21.9. The van der Waals surface area contributed by atoms with Crippen LogP contribution in [0.15, 0.2) is 30.3 Å². The van der Waals surface area contributed by atoms with Crippen molar-refractivity contribution in [1.82, 2.24) is 9.80 Å². The second-order valence-corrected chi connectivity index (χ2v) is 7.13. The van der Waals surface area contributed by atoms with Crippen molar-refractivity contribution < 1.29 is 9.90 Å². The van der Waals surface area contributed by atoms with Crippen molar-refractivity contribution in [2.75, 3.05) is 32.7 Å². The Balaban J connectivity index is 1.42. The summed E-state index contributed by atoms with van der Waals surface area (Å²) in [4.78, 5) is 16.6. The Morgan fingerprint density at radius 2 is 1.83 bits per heavy atom. The summed E-state index contributed by atoms with van der Waals surface area (Å²) in [6.07, 6.45) is 2.87. The fourth-order valence-corrected chi connectivity index (χ4v) is 3.44. The molecule has 4 nitrogen and oxygen atoms in total. The van der Waals surface area contributed by atoms with E-state index in [2.05, 4.69) is 11.8 Å². The first-order chi connectivity index (χ1) is 11.1. The molecular formula is C19H28N2O2. The number of carbonyl (C=O) groups excluding carboxylic acids is 1. The molecule has 126 valence electrons. The fourth-order valence-electron chi connectivity index (χ4n) is 3.44. The SMILES string of the molecule is C[C@H](CC(=O)N1CCN(C[C@@H](O)c2ccccc2)CC1)C1CC1. The zero-order valence-corrected chi connectivity index (χ0v) is 14.0. The van der Waals surface area contributed by atoms with E-state index in [-0.39, 0.29) is 0 Å². The van der Waals surface area contributed by atoms with Gasteiger partial charge in [0.15, 0.2) is 0 Å². The highest BCUT2D eigenvalue weighted by Crippen LogP contribution is 2.38. The van der Waals surface area contributed by atoms with Gasteiger partial charge < -0.3 is 10.0 Å². The van der Waals surface area contributed by atoms with Crippen LogP contribution in [-0.2, 0) is 4.79 Å². The van der Waals surface area contributed by atoms with E-state index in [9.17, 15) is 9.90 Å². The molecule has 4 heteroatoms. The summed E-state index contributed by atoms with van der Waals surface area (Å²) in [5.41, 5.74) is 0.962. The highest BCUT2D eigenvalue weighted by molar-refractivity contribution is 5.76. The average molecular weight is 316 g/mol. The van der Waals surface area contributed by atoms with Gasteiger partial charge in [-0.2, -0.15) is 0 Å². The average Bonchev–Trinajstić information content (AvgIpc) is 3.41. The van der Waals surface area contributed by atoms with Gasteiger partial charge in [-0.3, -0.25) is 9.69 Å². The predicted octanol–water partition coefficient (Wildman–Crippen LogP) is 2.30. The van der Waals surface area contributed by atoms with Gasteiger partial charge in [-0.25, -0.2) is 0 Å². The van der Waals surface area contributed by atoms with Gasteiger partial charge in [-0.1, -0.05) is 37.3 Å². The topological polar surface area (TPSA) is 43.8 Å². The smallest absolute Gasteiger partial charge is 0.222 e. The summed E-state index contributed by atoms with van der Waals surface area (Å²) >= 11 is 0. The lowest BCUT2D eigenvalue weighted by molar-refractivity contribution is -0.134. The number of amides is 1. The van der Waals surface area contributed by atoms with Crippen LogP contribution in [0.4, 0.5) is 0 Å². The number of rotatable bonds is 6. The molecule has 0 radical (unpaired) electrons. The minimum Gasteiger partial charge on any atom is -0.387 e. The highest BCUT2D eigenvalue weighted by atomic mass is 16.3. The van der Waals surface area contributed by atoms with Crippen LogP contribution < -0.4 is 0 Å². The highest BCUT2D eigenvalue weighted by Gasteiger charge is 2.31. The van der Waals surface area contributed by atoms with Crippen molar-refractivity contribution >= 4 is 5.91 Å². The molecule has 1 amide bonds. The number of hydrogen-bond donors (Lipinski definition) is 1. The van der Waals surface area contributed by atoms with Crippen molar-refractivity contribution in [3.63, 3.8) is 0 Å². The first-order valence-corrected chi connectivity index (χ1v) is 8.86. The largest absolute Gasteiger partial charge is 0.387 e. The lowest BCUT2D eigenvalue weighted by Gasteiger charge is -2.36. The summed E-state index contributed by atoms with van der Waals surface area (Å²) in [7, 11) is 0. The van der Waals surface area contributed by atoms with Crippen molar-refractivity contribution in [3.05, 3.63) is 35.9 Å². The number of aliphatic hydroxyl groups is 1. The second-order valence-electron chi connectivity index (χ2n) is 7.13. The Hall–Kier alpha value is -1.39. The van der Waals surface area contributed by atoms with Gasteiger partial charge in [-0.05, 0) is 30.2 Å². The number of nitrogens with zero attached hydrogens (tertiary/aromatic N) is 2. The fraction of sp³-hybridized carbons (Fsp3) is 0.632. The number of aliphatic hydroxyl groups excluding tert-OH is 1. The van der Waals surface area contributed by atoms with Crippen molar-refractivity contribution in [2.45, 2.75) is 32.3 Å². The minimum atomic E-state index is -0.451.